The molecule has 29 heavy (non-hydrogen) atoms. The van der Waals surface area contributed by atoms with E-state index in [4.69, 9.17) is 4.99 Å². The van der Waals surface area contributed by atoms with Crippen LogP contribution in [0.15, 0.2) is 11.1 Å². The molecule has 3 rings (SSSR count). The molecule has 2 N–H and O–H groups in total. The summed E-state index contributed by atoms with van der Waals surface area (Å²) in [5, 5.41) is 6.21. The Morgan fingerprint density at radius 1 is 1.34 bits per heavy atom. The lowest BCUT2D eigenvalue weighted by atomic mass is 9.77. The van der Waals surface area contributed by atoms with E-state index in [2.05, 4.69) is 42.4 Å². The first-order valence-electron chi connectivity index (χ1n) is 10.7. The first-order chi connectivity index (χ1) is 13.4. The van der Waals surface area contributed by atoms with Gasteiger partial charge in [0.15, 0.2) is 5.96 Å². The SMILES string of the molecule is CCNC(=NCc1cc2c(s1)CCC(C)(C)C2)N1CCC(CC(=O)NC)CC1.I. The number of thiophene rings is 1. The van der Waals surface area contributed by atoms with E-state index in [0.29, 0.717) is 17.8 Å². The lowest BCUT2D eigenvalue weighted by Crippen LogP contribution is -2.46. The third-order valence-corrected chi connectivity index (χ3v) is 7.25. The molecule has 0 saturated carbocycles. The second-order valence-electron chi connectivity index (χ2n) is 8.98. The molecular formula is C22H37IN4OS. The molecule has 0 radical (unpaired) electrons. The first kappa shape index (κ1) is 24.4. The zero-order valence-electron chi connectivity index (χ0n) is 18.3. The third kappa shape index (κ3) is 6.84. The molecule has 0 unspecified atom stereocenters. The summed E-state index contributed by atoms with van der Waals surface area (Å²) in [7, 11) is 1.72. The maximum absolute atomic E-state index is 11.6. The highest BCUT2D eigenvalue weighted by Gasteiger charge is 2.27. The Balaban J connectivity index is 0.00000300. The normalized spacial score (nSPS) is 19.3. The van der Waals surface area contributed by atoms with E-state index < -0.39 is 0 Å². The molecule has 1 aromatic heterocycles. The molecule has 7 heteroatoms. The topological polar surface area (TPSA) is 56.7 Å². The molecule has 0 atom stereocenters. The molecule has 0 bridgehead atoms. The van der Waals surface area contributed by atoms with E-state index in [-0.39, 0.29) is 29.9 Å². The highest BCUT2D eigenvalue weighted by atomic mass is 127. The highest BCUT2D eigenvalue weighted by Crippen LogP contribution is 2.38. The van der Waals surface area contributed by atoms with Gasteiger partial charge in [-0.15, -0.1) is 35.3 Å². The molecular weight excluding hydrogens is 495 g/mol. The van der Waals surface area contributed by atoms with Crippen molar-refractivity contribution in [3.05, 3.63) is 21.4 Å². The molecule has 1 fully saturated rings. The van der Waals surface area contributed by atoms with E-state index in [1.54, 1.807) is 17.5 Å². The number of nitrogens with one attached hydrogen (secondary N) is 2. The fraction of sp³-hybridized carbons (Fsp3) is 0.727. The van der Waals surface area contributed by atoms with Gasteiger partial charge in [0.2, 0.25) is 5.91 Å². The molecule has 1 aliphatic carbocycles. The number of hydrogen-bond donors (Lipinski definition) is 2. The molecule has 5 nitrogen and oxygen atoms in total. The van der Waals surface area contributed by atoms with Crippen LogP contribution in [-0.2, 0) is 24.2 Å². The van der Waals surface area contributed by atoms with Crippen molar-refractivity contribution >= 4 is 47.2 Å². The molecule has 2 aliphatic rings. The van der Waals surface area contributed by atoms with Crippen molar-refractivity contribution in [1.82, 2.24) is 15.5 Å². The average Bonchev–Trinajstić information content (AvgIpc) is 3.06. The summed E-state index contributed by atoms with van der Waals surface area (Å²) < 4.78 is 0. The summed E-state index contributed by atoms with van der Waals surface area (Å²) in [5.41, 5.74) is 1.98. The minimum absolute atomic E-state index is 0. The number of nitrogens with zero attached hydrogens (tertiary/aromatic N) is 2. The van der Waals surface area contributed by atoms with Crippen LogP contribution >= 0.6 is 35.3 Å². The standard InChI is InChI=1S/C22H36N4OS.HI/c1-5-24-21(26-10-7-16(8-11-26)12-20(27)23-4)25-15-18-13-17-14-22(2,3)9-6-19(17)28-18;/h13,16H,5-12,14-15H2,1-4H3,(H,23,27)(H,24,25);1H. The number of rotatable bonds is 5. The van der Waals surface area contributed by atoms with Crippen LogP contribution in [0, 0.1) is 11.3 Å². The molecule has 1 saturated heterocycles. The van der Waals surface area contributed by atoms with Crippen LogP contribution in [-0.4, -0.2) is 43.4 Å². The second-order valence-corrected chi connectivity index (χ2v) is 10.2. The Morgan fingerprint density at radius 2 is 2.07 bits per heavy atom. The maximum atomic E-state index is 11.6. The van der Waals surface area contributed by atoms with Gasteiger partial charge < -0.3 is 15.5 Å². The van der Waals surface area contributed by atoms with Crippen molar-refractivity contribution in [3.8, 4) is 0 Å². The lowest BCUT2D eigenvalue weighted by Gasteiger charge is -2.34. The van der Waals surface area contributed by atoms with Crippen molar-refractivity contribution in [2.75, 3.05) is 26.7 Å². The van der Waals surface area contributed by atoms with Crippen LogP contribution < -0.4 is 10.6 Å². The smallest absolute Gasteiger partial charge is 0.220 e. The Hall–Kier alpha value is -0.830. The number of likely N-dealkylation sites (tertiary alicyclic amines) is 1. The number of aryl methyl sites for hydroxylation is 1. The Morgan fingerprint density at radius 3 is 2.72 bits per heavy atom. The van der Waals surface area contributed by atoms with Gasteiger partial charge in [-0.3, -0.25) is 4.79 Å². The monoisotopic (exact) mass is 532 g/mol. The molecule has 1 amide bonds. The van der Waals surface area contributed by atoms with Gasteiger partial charge in [0.1, 0.15) is 0 Å². The first-order valence-corrected chi connectivity index (χ1v) is 11.6. The minimum atomic E-state index is 0. The van der Waals surface area contributed by atoms with Gasteiger partial charge in [-0.1, -0.05) is 13.8 Å². The number of amides is 1. The van der Waals surface area contributed by atoms with E-state index in [0.717, 1.165) is 45.0 Å². The van der Waals surface area contributed by atoms with E-state index in [1.165, 1.54) is 24.1 Å². The van der Waals surface area contributed by atoms with E-state index in [1.807, 2.05) is 11.3 Å². The predicted octanol–water partition coefficient (Wildman–Crippen LogP) is 4.19. The molecule has 0 aromatic carbocycles. The summed E-state index contributed by atoms with van der Waals surface area (Å²) >= 11 is 1.95. The average molecular weight is 533 g/mol. The molecule has 0 spiro atoms. The van der Waals surface area contributed by atoms with Gasteiger partial charge in [-0.05, 0) is 62.0 Å². The van der Waals surface area contributed by atoms with Crippen LogP contribution in [0.4, 0.5) is 0 Å². The second kappa shape index (κ2) is 11.0. The number of halogens is 1. The molecule has 2 heterocycles. The number of piperidine rings is 1. The summed E-state index contributed by atoms with van der Waals surface area (Å²) in [4.78, 5) is 21.9. The lowest BCUT2D eigenvalue weighted by molar-refractivity contribution is -0.121. The summed E-state index contributed by atoms with van der Waals surface area (Å²) in [5.74, 6) is 1.67. The minimum Gasteiger partial charge on any atom is -0.359 e. The number of carbonyl (C=O) groups excluding carboxylic acids is 1. The van der Waals surface area contributed by atoms with Crippen LogP contribution in [0.1, 0.15) is 61.8 Å². The van der Waals surface area contributed by atoms with Gasteiger partial charge >= 0.3 is 0 Å². The van der Waals surface area contributed by atoms with Gasteiger partial charge in [0, 0.05) is 42.9 Å². The molecule has 1 aromatic rings. The van der Waals surface area contributed by atoms with Gasteiger partial charge in [-0.25, -0.2) is 4.99 Å². The van der Waals surface area contributed by atoms with Gasteiger partial charge in [0.25, 0.3) is 0 Å². The molecule has 1 aliphatic heterocycles. The summed E-state index contributed by atoms with van der Waals surface area (Å²) in [6.07, 6.45) is 6.46. The number of carbonyl (C=O) groups is 1. The van der Waals surface area contributed by atoms with Crippen molar-refractivity contribution in [1.29, 1.82) is 0 Å². The largest absolute Gasteiger partial charge is 0.359 e. The van der Waals surface area contributed by atoms with Crippen molar-refractivity contribution in [3.63, 3.8) is 0 Å². The molecule has 164 valence electrons. The Labute approximate surface area is 197 Å². The van der Waals surface area contributed by atoms with Crippen LogP contribution in [0.3, 0.4) is 0 Å². The highest BCUT2D eigenvalue weighted by molar-refractivity contribution is 14.0. The maximum Gasteiger partial charge on any atom is 0.220 e. The summed E-state index contributed by atoms with van der Waals surface area (Å²) in [6.45, 7) is 10.5. The number of hydrogen-bond acceptors (Lipinski definition) is 3. The fourth-order valence-corrected chi connectivity index (χ4v) is 5.43. The zero-order chi connectivity index (χ0) is 20.1. The van der Waals surface area contributed by atoms with Gasteiger partial charge in [0.05, 0.1) is 6.54 Å². The predicted molar refractivity (Wildman–Crippen MR) is 133 cm³/mol. The van der Waals surface area contributed by atoms with Gasteiger partial charge in [-0.2, -0.15) is 0 Å². The Kier molecular flexibility index (Phi) is 9.25. The van der Waals surface area contributed by atoms with Crippen LogP contribution in [0.5, 0.6) is 0 Å². The van der Waals surface area contributed by atoms with Crippen molar-refractivity contribution in [2.24, 2.45) is 16.3 Å². The quantitative estimate of drug-likeness (QED) is 0.340. The van der Waals surface area contributed by atoms with E-state index in [9.17, 15) is 4.79 Å². The van der Waals surface area contributed by atoms with E-state index >= 15 is 0 Å². The number of fused-ring (bicyclic) bond motifs is 1. The third-order valence-electron chi connectivity index (χ3n) is 6.03. The Bertz CT molecular complexity index is 708. The van der Waals surface area contributed by atoms with Crippen molar-refractivity contribution in [2.45, 2.75) is 65.8 Å². The van der Waals surface area contributed by atoms with Crippen LogP contribution in [0.2, 0.25) is 0 Å². The zero-order valence-corrected chi connectivity index (χ0v) is 21.5. The summed E-state index contributed by atoms with van der Waals surface area (Å²) in [6, 6.07) is 2.39. The van der Waals surface area contributed by atoms with Crippen molar-refractivity contribution < 1.29 is 4.79 Å². The number of aliphatic imine (C=N–C) groups is 1. The number of guanidine groups is 1. The van der Waals surface area contributed by atoms with Crippen LogP contribution in [0.25, 0.3) is 0 Å². The fourth-order valence-electron chi connectivity index (χ4n) is 4.31.